The number of phenols is 1. The quantitative estimate of drug-likeness (QED) is 0.867. The van der Waals surface area contributed by atoms with E-state index in [-0.39, 0.29) is 5.75 Å². The van der Waals surface area contributed by atoms with Crippen molar-refractivity contribution in [2.24, 2.45) is 0 Å². The highest BCUT2D eigenvalue weighted by atomic mass is 79.9. The maximum Gasteiger partial charge on any atom is 0.178 e. The third-order valence-electron chi connectivity index (χ3n) is 1.73. The second-order valence-corrected chi connectivity index (χ2v) is 4.59. The minimum Gasteiger partial charge on any atom is -0.503 e. The highest BCUT2D eigenvalue weighted by Crippen LogP contribution is 2.45. The van der Waals surface area contributed by atoms with E-state index < -0.39 is 0 Å². The molecule has 14 heavy (non-hydrogen) atoms. The molecule has 0 amide bonds. The molecule has 2 rings (SSSR count). The Labute approximate surface area is 100 Å². The molecule has 1 N–H and O–H groups in total. The number of fused-ring (bicyclic) bond motifs is 1. The Kier molecular flexibility index (Phi) is 2.63. The zero-order valence-corrected chi connectivity index (χ0v) is 10.9. The van der Waals surface area contributed by atoms with E-state index in [9.17, 15) is 5.11 Å². The first-order valence-electron chi connectivity index (χ1n) is 3.53. The van der Waals surface area contributed by atoms with Crippen molar-refractivity contribution in [2.45, 2.75) is 0 Å². The lowest BCUT2D eigenvalue weighted by atomic mass is 10.3. The van der Waals surface area contributed by atoms with Crippen LogP contribution in [0.15, 0.2) is 8.95 Å². The third kappa shape index (κ3) is 1.31. The number of nitrogens with zero attached hydrogens (tertiary/aromatic N) is 2. The summed E-state index contributed by atoms with van der Waals surface area (Å²) < 4.78 is 14.3. The van der Waals surface area contributed by atoms with E-state index in [0.717, 1.165) is 11.7 Å². The van der Waals surface area contributed by atoms with E-state index in [1.807, 2.05) is 0 Å². The zero-order chi connectivity index (χ0) is 10.3. The normalized spacial score (nSPS) is 10.8. The molecule has 7 heteroatoms. The Morgan fingerprint density at radius 3 is 2.36 bits per heavy atom. The molecule has 0 bridgehead atoms. The predicted molar refractivity (Wildman–Crippen MR) is 61.0 cm³/mol. The van der Waals surface area contributed by atoms with Crippen LogP contribution in [-0.4, -0.2) is 21.0 Å². The number of benzene rings is 1. The van der Waals surface area contributed by atoms with Crippen LogP contribution in [0.3, 0.4) is 0 Å². The van der Waals surface area contributed by atoms with Gasteiger partial charge in [-0.15, -0.1) is 0 Å². The molecule has 0 saturated carbocycles. The monoisotopic (exact) mass is 338 g/mol. The number of aromatic nitrogens is 2. The van der Waals surface area contributed by atoms with Crippen LogP contribution >= 0.6 is 43.6 Å². The standard InChI is InChI=1S/C7H4Br2N2O2S/c1-13-7-3(9)5-4(10-14-11-5)2(8)6(7)12/h12H,1H3. The number of hydrogen-bond acceptors (Lipinski definition) is 5. The van der Waals surface area contributed by atoms with Crippen molar-refractivity contribution in [3.05, 3.63) is 8.95 Å². The molecule has 2 aromatic rings. The van der Waals surface area contributed by atoms with E-state index in [0.29, 0.717) is 25.7 Å². The Balaban J connectivity index is 2.94. The minimum atomic E-state index is 0.0274. The van der Waals surface area contributed by atoms with Gasteiger partial charge in [-0.1, -0.05) is 0 Å². The van der Waals surface area contributed by atoms with E-state index in [1.54, 1.807) is 0 Å². The molecule has 0 saturated heterocycles. The molecule has 0 unspecified atom stereocenters. The second kappa shape index (κ2) is 3.63. The van der Waals surface area contributed by atoms with Crippen LogP contribution in [0, 0.1) is 0 Å². The van der Waals surface area contributed by atoms with Crippen molar-refractivity contribution in [1.29, 1.82) is 0 Å². The third-order valence-corrected chi connectivity index (χ3v) is 3.75. The molecule has 74 valence electrons. The lowest BCUT2D eigenvalue weighted by Crippen LogP contribution is -1.88. The van der Waals surface area contributed by atoms with Crippen LogP contribution < -0.4 is 4.74 Å². The molecular weight excluding hydrogens is 336 g/mol. The first kappa shape index (κ1) is 10.1. The molecule has 0 aliphatic rings. The summed E-state index contributed by atoms with van der Waals surface area (Å²) in [5.41, 5.74) is 1.30. The van der Waals surface area contributed by atoms with Gasteiger partial charge in [0.1, 0.15) is 11.0 Å². The maximum atomic E-state index is 9.73. The van der Waals surface area contributed by atoms with Crippen molar-refractivity contribution in [1.82, 2.24) is 8.75 Å². The van der Waals surface area contributed by atoms with Crippen LogP contribution in [-0.2, 0) is 0 Å². The van der Waals surface area contributed by atoms with Crippen LogP contribution in [0.5, 0.6) is 11.5 Å². The SMILES string of the molecule is COc1c(O)c(Br)c2nsnc2c1Br. The molecule has 0 atom stereocenters. The smallest absolute Gasteiger partial charge is 0.178 e. The highest BCUT2D eigenvalue weighted by Gasteiger charge is 2.19. The molecule has 0 radical (unpaired) electrons. The first-order chi connectivity index (χ1) is 6.66. The lowest BCUT2D eigenvalue weighted by molar-refractivity contribution is 0.370. The number of methoxy groups -OCH3 is 1. The Hall–Kier alpha value is -0.400. The average molecular weight is 340 g/mol. The molecule has 1 aromatic carbocycles. The van der Waals surface area contributed by atoms with Gasteiger partial charge in [0.2, 0.25) is 0 Å². The van der Waals surface area contributed by atoms with Gasteiger partial charge in [0.25, 0.3) is 0 Å². The topological polar surface area (TPSA) is 55.2 Å². The van der Waals surface area contributed by atoms with Gasteiger partial charge in [0, 0.05) is 0 Å². The number of halogens is 2. The van der Waals surface area contributed by atoms with Gasteiger partial charge in [0.15, 0.2) is 11.5 Å². The van der Waals surface area contributed by atoms with Gasteiger partial charge < -0.3 is 9.84 Å². The van der Waals surface area contributed by atoms with Gasteiger partial charge in [0.05, 0.1) is 27.8 Å². The minimum absolute atomic E-state index is 0.0274. The number of hydrogen-bond donors (Lipinski definition) is 1. The van der Waals surface area contributed by atoms with Gasteiger partial charge in [-0.25, -0.2) is 0 Å². The van der Waals surface area contributed by atoms with Crippen LogP contribution in [0.4, 0.5) is 0 Å². The van der Waals surface area contributed by atoms with Crippen molar-refractivity contribution in [3.63, 3.8) is 0 Å². The molecular formula is C7H4Br2N2O2S. The Morgan fingerprint density at radius 1 is 1.21 bits per heavy atom. The van der Waals surface area contributed by atoms with E-state index in [2.05, 4.69) is 40.6 Å². The number of ether oxygens (including phenoxy) is 1. The lowest BCUT2D eigenvalue weighted by Gasteiger charge is -2.07. The summed E-state index contributed by atoms with van der Waals surface area (Å²) >= 11 is 7.63. The van der Waals surface area contributed by atoms with Gasteiger partial charge >= 0.3 is 0 Å². The van der Waals surface area contributed by atoms with Crippen molar-refractivity contribution in [2.75, 3.05) is 7.11 Å². The molecule has 0 aliphatic heterocycles. The first-order valence-corrected chi connectivity index (χ1v) is 5.84. The summed E-state index contributed by atoms with van der Waals surface area (Å²) in [6.07, 6.45) is 0. The molecule has 0 spiro atoms. The summed E-state index contributed by atoms with van der Waals surface area (Å²) in [5.74, 6) is 0.386. The van der Waals surface area contributed by atoms with Crippen molar-refractivity contribution in [3.8, 4) is 11.5 Å². The van der Waals surface area contributed by atoms with E-state index in [4.69, 9.17) is 4.74 Å². The Bertz CT molecular complexity index is 500. The molecule has 1 heterocycles. The average Bonchev–Trinajstić information content (AvgIpc) is 2.64. The van der Waals surface area contributed by atoms with Crippen LogP contribution in [0.2, 0.25) is 0 Å². The number of aromatic hydroxyl groups is 1. The van der Waals surface area contributed by atoms with Gasteiger partial charge in [-0.3, -0.25) is 0 Å². The second-order valence-electron chi connectivity index (χ2n) is 2.47. The van der Waals surface area contributed by atoms with E-state index >= 15 is 0 Å². The van der Waals surface area contributed by atoms with Gasteiger partial charge in [-0.2, -0.15) is 8.75 Å². The molecule has 1 aromatic heterocycles. The highest BCUT2D eigenvalue weighted by molar-refractivity contribution is 9.11. The predicted octanol–water partition coefficient (Wildman–Crippen LogP) is 2.93. The number of phenolic OH excluding ortho intramolecular Hbond substituents is 1. The van der Waals surface area contributed by atoms with Crippen molar-refractivity contribution >= 4 is 54.6 Å². The largest absolute Gasteiger partial charge is 0.503 e. The summed E-state index contributed by atoms with van der Waals surface area (Å²) in [6, 6.07) is 0. The van der Waals surface area contributed by atoms with Crippen LogP contribution in [0.1, 0.15) is 0 Å². The summed E-state index contributed by atoms with van der Waals surface area (Å²) in [7, 11) is 1.48. The fraction of sp³-hybridized carbons (Fsp3) is 0.143. The van der Waals surface area contributed by atoms with Crippen molar-refractivity contribution < 1.29 is 9.84 Å². The molecule has 0 aliphatic carbocycles. The van der Waals surface area contributed by atoms with Crippen LogP contribution in [0.25, 0.3) is 11.0 Å². The zero-order valence-electron chi connectivity index (χ0n) is 6.91. The number of rotatable bonds is 1. The van der Waals surface area contributed by atoms with E-state index in [1.165, 1.54) is 7.11 Å². The molecule has 4 nitrogen and oxygen atoms in total. The van der Waals surface area contributed by atoms with Gasteiger partial charge in [-0.05, 0) is 31.9 Å². The summed E-state index contributed by atoms with van der Waals surface area (Å²) in [4.78, 5) is 0. The summed E-state index contributed by atoms with van der Waals surface area (Å²) in [5, 5.41) is 9.73. The fourth-order valence-electron chi connectivity index (χ4n) is 1.09. The molecule has 0 fully saturated rings. The Morgan fingerprint density at radius 2 is 1.79 bits per heavy atom. The summed E-state index contributed by atoms with van der Waals surface area (Å²) in [6.45, 7) is 0. The fourth-order valence-corrected chi connectivity index (χ4v) is 2.96. The maximum absolute atomic E-state index is 9.73.